The average Bonchev–Trinajstić information content (AvgIpc) is 3.36. The SMILES string of the molecule is C1=CC=CNC=C1.O=C(c1cncc(-c2cccs2)c1)C1C=c2c(ccc3c2=CCc2ccccc2-3)CC1. The number of allylic oxidation sites excluding steroid dienone is 4. The smallest absolute Gasteiger partial charge is 0.171 e. The molecule has 2 aromatic carbocycles. The number of aromatic nitrogens is 1. The van der Waals surface area contributed by atoms with Gasteiger partial charge in [0.1, 0.15) is 0 Å². The van der Waals surface area contributed by atoms with Crippen molar-refractivity contribution in [2.45, 2.75) is 19.3 Å². The molecule has 4 aromatic rings. The highest BCUT2D eigenvalue weighted by molar-refractivity contribution is 7.13. The largest absolute Gasteiger partial charge is 0.368 e. The third kappa shape index (κ3) is 4.96. The first-order chi connectivity index (χ1) is 18.8. The van der Waals surface area contributed by atoms with Crippen molar-refractivity contribution >= 4 is 29.3 Å². The number of rotatable bonds is 3. The molecule has 0 radical (unpaired) electrons. The molecular weight excluding hydrogens is 484 g/mol. The van der Waals surface area contributed by atoms with Crippen molar-refractivity contribution in [3.63, 3.8) is 0 Å². The topological polar surface area (TPSA) is 42.0 Å². The first-order valence-corrected chi connectivity index (χ1v) is 13.9. The lowest BCUT2D eigenvalue weighted by Crippen LogP contribution is -2.37. The quantitative estimate of drug-likeness (QED) is 0.332. The zero-order valence-corrected chi connectivity index (χ0v) is 21.8. The highest BCUT2D eigenvalue weighted by Gasteiger charge is 2.23. The van der Waals surface area contributed by atoms with Crippen LogP contribution in [0.15, 0.2) is 109 Å². The van der Waals surface area contributed by atoms with Crippen LogP contribution in [0.4, 0.5) is 0 Å². The zero-order valence-electron chi connectivity index (χ0n) is 21.0. The van der Waals surface area contributed by atoms with E-state index in [1.165, 1.54) is 32.7 Å². The lowest BCUT2D eigenvalue weighted by molar-refractivity contribution is 0.0946. The van der Waals surface area contributed by atoms with E-state index in [0.29, 0.717) is 5.56 Å². The van der Waals surface area contributed by atoms with Gasteiger partial charge in [0.15, 0.2) is 5.78 Å². The molecule has 3 heterocycles. The second-order valence-corrected chi connectivity index (χ2v) is 10.5. The van der Waals surface area contributed by atoms with Crippen LogP contribution >= 0.6 is 11.3 Å². The number of hydrogen-bond acceptors (Lipinski definition) is 4. The first-order valence-electron chi connectivity index (χ1n) is 13.0. The maximum Gasteiger partial charge on any atom is 0.171 e. The van der Waals surface area contributed by atoms with Crippen LogP contribution in [0.25, 0.3) is 33.7 Å². The molecule has 0 amide bonds. The van der Waals surface area contributed by atoms with Crippen molar-refractivity contribution in [3.8, 4) is 21.6 Å². The number of pyridine rings is 1. The molecule has 2 aromatic heterocycles. The van der Waals surface area contributed by atoms with E-state index in [4.69, 9.17) is 0 Å². The monoisotopic (exact) mass is 512 g/mol. The number of fused-ring (bicyclic) bond motifs is 5. The van der Waals surface area contributed by atoms with Crippen LogP contribution in [0.2, 0.25) is 0 Å². The van der Waals surface area contributed by atoms with E-state index in [0.717, 1.165) is 29.7 Å². The maximum atomic E-state index is 13.4. The van der Waals surface area contributed by atoms with Crippen molar-refractivity contribution in [1.82, 2.24) is 10.3 Å². The van der Waals surface area contributed by atoms with Crippen LogP contribution in [0.3, 0.4) is 0 Å². The summed E-state index contributed by atoms with van der Waals surface area (Å²) in [5, 5.41) is 7.51. The van der Waals surface area contributed by atoms with Gasteiger partial charge in [-0.2, -0.15) is 0 Å². The molecule has 4 heteroatoms. The van der Waals surface area contributed by atoms with Crippen molar-refractivity contribution in [2.75, 3.05) is 0 Å². The number of aryl methyl sites for hydroxylation is 1. The lowest BCUT2D eigenvalue weighted by Gasteiger charge is -2.21. The third-order valence-corrected chi connectivity index (χ3v) is 8.11. The summed E-state index contributed by atoms with van der Waals surface area (Å²) in [4.78, 5) is 18.9. The van der Waals surface area contributed by atoms with Crippen LogP contribution in [-0.4, -0.2) is 10.8 Å². The van der Waals surface area contributed by atoms with Gasteiger partial charge in [0.05, 0.1) is 0 Å². The van der Waals surface area contributed by atoms with Gasteiger partial charge >= 0.3 is 0 Å². The summed E-state index contributed by atoms with van der Waals surface area (Å²) in [5.74, 6) is 0.0651. The molecule has 1 atom stereocenters. The fraction of sp³-hybridized carbons (Fsp3) is 0.118. The number of hydrogen-bond donors (Lipinski definition) is 1. The molecule has 1 unspecified atom stereocenters. The fourth-order valence-electron chi connectivity index (χ4n) is 5.30. The lowest BCUT2D eigenvalue weighted by atomic mass is 9.82. The summed E-state index contributed by atoms with van der Waals surface area (Å²) < 4.78 is 0. The van der Waals surface area contributed by atoms with E-state index >= 15 is 0 Å². The molecular formula is C34H28N2OS. The van der Waals surface area contributed by atoms with Gasteiger partial charge in [-0.1, -0.05) is 66.8 Å². The minimum Gasteiger partial charge on any atom is -0.368 e. The Labute approximate surface area is 226 Å². The van der Waals surface area contributed by atoms with Gasteiger partial charge in [-0.15, -0.1) is 11.3 Å². The number of nitrogens with one attached hydrogen (secondary N) is 1. The van der Waals surface area contributed by atoms with Crippen molar-refractivity contribution in [1.29, 1.82) is 0 Å². The summed E-state index contributed by atoms with van der Waals surface area (Å²) in [5.41, 5.74) is 7.04. The molecule has 1 N–H and O–H groups in total. The second-order valence-electron chi connectivity index (χ2n) is 9.55. The predicted molar refractivity (Wildman–Crippen MR) is 158 cm³/mol. The Balaban J connectivity index is 0.000000330. The summed E-state index contributed by atoms with van der Waals surface area (Å²) in [6, 6.07) is 19.2. The summed E-state index contributed by atoms with van der Waals surface area (Å²) in [6.45, 7) is 0. The van der Waals surface area contributed by atoms with Gasteiger partial charge in [-0.05, 0) is 81.6 Å². The summed E-state index contributed by atoms with van der Waals surface area (Å²) in [7, 11) is 0. The number of carbonyl (C=O) groups is 1. The molecule has 0 saturated carbocycles. The number of nitrogens with zero attached hydrogens (tertiary/aromatic N) is 1. The molecule has 0 saturated heterocycles. The number of benzene rings is 2. The molecule has 2 aliphatic carbocycles. The first kappa shape index (κ1) is 24.1. The van der Waals surface area contributed by atoms with Gasteiger partial charge in [0, 0.05) is 46.7 Å². The summed E-state index contributed by atoms with van der Waals surface area (Å²) in [6.07, 6.45) is 22.4. The highest BCUT2D eigenvalue weighted by atomic mass is 32.1. The van der Waals surface area contributed by atoms with E-state index in [2.05, 4.69) is 64.9 Å². The fourth-order valence-corrected chi connectivity index (χ4v) is 6.01. The number of ketones is 1. The molecule has 0 bridgehead atoms. The molecule has 0 spiro atoms. The third-order valence-electron chi connectivity index (χ3n) is 7.19. The highest BCUT2D eigenvalue weighted by Crippen LogP contribution is 2.28. The Morgan fingerprint density at radius 3 is 2.58 bits per heavy atom. The number of thiophene rings is 1. The van der Waals surface area contributed by atoms with Crippen LogP contribution < -0.4 is 15.8 Å². The Bertz CT molecular complexity index is 1680. The van der Waals surface area contributed by atoms with Crippen LogP contribution in [0, 0.1) is 5.92 Å². The second kappa shape index (κ2) is 11.0. The van der Waals surface area contributed by atoms with E-state index in [9.17, 15) is 4.79 Å². The predicted octanol–water partition coefficient (Wildman–Crippen LogP) is 6.21. The van der Waals surface area contributed by atoms with Gasteiger partial charge < -0.3 is 5.32 Å². The van der Waals surface area contributed by atoms with Crippen LogP contribution in [0.5, 0.6) is 0 Å². The van der Waals surface area contributed by atoms with Gasteiger partial charge in [0.25, 0.3) is 0 Å². The van der Waals surface area contributed by atoms with Crippen molar-refractivity contribution in [3.05, 3.63) is 136 Å². The van der Waals surface area contributed by atoms with Gasteiger partial charge in [-0.25, -0.2) is 0 Å². The molecule has 3 nitrogen and oxygen atoms in total. The van der Waals surface area contributed by atoms with Crippen LogP contribution in [-0.2, 0) is 12.8 Å². The van der Waals surface area contributed by atoms with E-state index in [1.54, 1.807) is 17.5 Å². The summed E-state index contributed by atoms with van der Waals surface area (Å²) >= 11 is 1.67. The van der Waals surface area contributed by atoms with Crippen molar-refractivity contribution < 1.29 is 4.79 Å². The number of carbonyl (C=O) groups excluding carboxylic acids is 1. The van der Waals surface area contributed by atoms with Gasteiger partial charge in [0.2, 0.25) is 0 Å². The standard InChI is InChI=1S/C28H21NOS.C6H7N/c30-28(22-14-21(16-29-17-22)27-6-3-13-31-27)20-8-7-19-10-11-24-23-5-2-1-4-18(23)9-12-25(24)26(19)15-20;1-2-4-6-7-5-3-1/h1-6,10-17,20H,7-9H2;1-7H. The van der Waals surface area contributed by atoms with E-state index < -0.39 is 0 Å². The molecule has 38 heavy (non-hydrogen) atoms. The minimum absolute atomic E-state index is 0.107. The van der Waals surface area contributed by atoms with Crippen LogP contribution in [0.1, 0.15) is 27.9 Å². The zero-order chi connectivity index (χ0) is 25.7. The molecule has 1 aliphatic heterocycles. The van der Waals surface area contributed by atoms with Crippen molar-refractivity contribution in [2.24, 2.45) is 5.92 Å². The van der Waals surface area contributed by atoms with E-state index in [1.807, 2.05) is 60.4 Å². The average molecular weight is 513 g/mol. The Morgan fingerprint density at radius 1 is 0.868 bits per heavy atom. The Hall–Kier alpha value is -4.28. The van der Waals surface area contributed by atoms with Gasteiger partial charge in [-0.3, -0.25) is 9.78 Å². The molecule has 186 valence electrons. The number of Topliss-reactive ketones (excluding diaryl/α,β-unsaturated/α-hetero) is 1. The molecule has 0 fully saturated rings. The maximum absolute atomic E-state index is 13.4. The minimum atomic E-state index is -0.107. The Morgan fingerprint density at radius 2 is 1.74 bits per heavy atom. The Kier molecular flexibility index (Phi) is 6.97. The molecule has 7 rings (SSSR count). The molecule has 3 aliphatic rings. The normalized spacial score (nSPS) is 16.3. The van der Waals surface area contributed by atoms with E-state index in [-0.39, 0.29) is 11.7 Å².